The van der Waals surface area contributed by atoms with Crippen molar-refractivity contribution in [2.24, 2.45) is 15.4 Å². The summed E-state index contributed by atoms with van der Waals surface area (Å²) in [7, 11) is 0. The molecule has 3 heterocycles. The molecule has 0 saturated carbocycles. The molecule has 0 aromatic carbocycles. The van der Waals surface area contributed by atoms with Crippen molar-refractivity contribution in [3.8, 4) is 0 Å². The van der Waals surface area contributed by atoms with Crippen LogP contribution in [0.15, 0.2) is 64.5 Å². The van der Waals surface area contributed by atoms with E-state index in [-0.39, 0.29) is 0 Å². The fourth-order valence-electron chi connectivity index (χ4n) is 1.87. The van der Waals surface area contributed by atoms with Crippen molar-refractivity contribution in [3.63, 3.8) is 0 Å². The molecule has 17 heavy (non-hydrogen) atoms. The van der Waals surface area contributed by atoms with Gasteiger partial charge in [-0.15, -0.1) is 10.2 Å². The smallest absolute Gasteiger partial charge is 0.171 e. The number of hydrogen-bond acceptors (Lipinski definition) is 5. The third kappa shape index (κ3) is 1.52. The molecule has 0 saturated heterocycles. The zero-order chi connectivity index (χ0) is 11.6. The highest BCUT2D eigenvalue weighted by atomic mass is 15.4. The van der Waals surface area contributed by atoms with Crippen molar-refractivity contribution in [3.05, 3.63) is 60.2 Å². The summed E-state index contributed by atoms with van der Waals surface area (Å²) < 4.78 is 0. The summed E-state index contributed by atoms with van der Waals surface area (Å²) in [5.41, 5.74) is 1.35. The Bertz CT molecular complexity index is 508. The van der Waals surface area contributed by atoms with Crippen molar-refractivity contribution in [1.82, 2.24) is 9.97 Å². The Morgan fingerprint density at radius 3 is 1.71 bits per heavy atom. The van der Waals surface area contributed by atoms with Crippen LogP contribution in [0.25, 0.3) is 0 Å². The van der Waals surface area contributed by atoms with Crippen molar-refractivity contribution < 1.29 is 0 Å². The Labute approximate surface area is 98.0 Å². The molecule has 0 atom stereocenters. The summed E-state index contributed by atoms with van der Waals surface area (Å²) in [5, 5.41) is 11.9. The largest absolute Gasteiger partial charge is 0.265 e. The molecule has 5 nitrogen and oxygen atoms in total. The average Bonchev–Trinajstić information content (AvgIpc) is 2.91. The van der Waals surface area contributed by atoms with E-state index in [1.54, 1.807) is 31.0 Å². The second-order valence-corrected chi connectivity index (χ2v) is 3.67. The molecule has 0 radical (unpaired) electrons. The molecule has 1 aliphatic rings. The number of hydrogen-bond donors (Lipinski definition) is 0. The summed E-state index contributed by atoms with van der Waals surface area (Å²) in [6, 6.07) is 7.65. The fraction of sp³-hybridized carbons (Fsp3) is 0.0833. The van der Waals surface area contributed by atoms with Gasteiger partial charge in [0.25, 0.3) is 0 Å². The van der Waals surface area contributed by atoms with E-state index >= 15 is 0 Å². The van der Waals surface area contributed by atoms with Gasteiger partial charge in [0.05, 0.1) is 6.21 Å². The molecule has 2 aromatic rings. The van der Waals surface area contributed by atoms with Crippen LogP contribution in [0, 0.1) is 0 Å². The third-order valence-electron chi connectivity index (χ3n) is 2.74. The van der Waals surface area contributed by atoms with E-state index in [2.05, 4.69) is 25.4 Å². The Kier molecular flexibility index (Phi) is 2.22. The first-order valence-electron chi connectivity index (χ1n) is 5.19. The zero-order valence-electron chi connectivity index (χ0n) is 8.93. The van der Waals surface area contributed by atoms with Crippen LogP contribution in [0.2, 0.25) is 0 Å². The van der Waals surface area contributed by atoms with Gasteiger partial charge in [-0.1, -0.05) is 0 Å². The maximum absolute atomic E-state index is 4.25. The number of nitrogens with zero attached hydrogens (tertiary/aromatic N) is 5. The van der Waals surface area contributed by atoms with Crippen LogP contribution in [0.4, 0.5) is 0 Å². The van der Waals surface area contributed by atoms with Crippen LogP contribution in [0.3, 0.4) is 0 Å². The highest BCUT2D eigenvalue weighted by Gasteiger charge is 2.35. The number of pyridine rings is 2. The molecule has 82 valence electrons. The van der Waals surface area contributed by atoms with Gasteiger partial charge >= 0.3 is 0 Å². The van der Waals surface area contributed by atoms with Gasteiger partial charge in [0, 0.05) is 24.8 Å². The van der Waals surface area contributed by atoms with Crippen LogP contribution in [0.1, 0.15) is 11.1 Å². The summed E-state index contributed by atoms with van der Waals surface area (Å²) in [5.74, 6) is 0. The highest BCUT2D eigenvalue weighted by molar-refractivity contribution is 5.79. The topological polar surface area (TPSA) is 62.9 Å². The van der Waals surface area contributed by atoms with Gasteiger partial charge in [-0.3, -0.25) is 9.97 Å². The lowest BCUT2D eigenvalue weighted by Gasteiger charge is -2.21. The summed E-state index contributed by atoms with van der Waals surface area (Å²) in [4.78, 5) is 8.02. The molecule has 0 spiro atoms. The molecular formula is C12H9N5. The lowest BCUT2D eigenvalue weighted by molar-refractivity contribution is 0.715. The monoisotopic (exact) mass is 223 g/mol. The molecule has 0 amide bonds. The zero-order valence-corrected chi connectivity index (χ0v) is 8.93. The van der Waals surface area contributed by atoms with E-state index in [1.807, 2.05) is 24.3 Å². The van der Waals surface area contributed by atoms with E-state index < -0.39 is 5.54 Å². The number of aromatic nitrogens is 2. The van der Waals surface area contributed by atoms with Gasteiger partial charge in [0.2, 0.25) is 0 Å². The minimum Gasteiger partial charge on any atom is -0.265 e. The third-order valence-corrected chi connectivity index (χ3v) is 2.74. The normalized spacial score (nSPS) is 16.2. The summed E-state index contributed by atoms with van der Waals surface area (Å²) in [6.45, 7) is 0. The predicted octanol–water partition coefficient (Wildman–Crippen LogP) is 2.17. The van der Waals surface area contributed by atoms with Gasteiger partial charge in [0.1, 0.15) is 0 Å². The Hall–Kier alpha value is -2.43. The van der Waals surface area contributed by atoms with Crippen molar-refractivity contribution in [2.75, 3.05) is 0 Å². The van der Waals surface area contributed by atoms with Gasteiger partial charge in [0.15, 0.2) is 5.54 Å². The standard InChI is InChI=1S/C12H9N5/c1-5-13-6-2-10(1)12(9-15-17-16-12)11-3-7-14-8-4-11/h1-9H. The molecule has 5 heteroatoms. The Morgan fingerprint density at radius 1 is 0.765 bits per heavy atom. The molecule has 1 aliphatic heterocycles. The van der Waals surface area contributed by atoms with E-state index in [9.17, 15) is 0 Å². The first-order valence-corrected chi connectivity index (χ1v) is 5.19. The molecular weight excluding hydrogens is 214 g/mol. The second kappa shape index (κ2) is 3.86. The molecule has 0 bridgehead atoms. The Balaban J connectivity index is 2.19. The van der Waals surface area contributed by atoms with Gasteiger partial charge in [-0.05, 0) is 40.6 Å². The van der Waals surface area contributed by atoms with E-state index in [4.69, 9.17) is 0 Å². The van der Waals surface area contributed by atoms with E-state index in [1.165, 1.54) is 0 Å². The predicted molar refractivity (Wildman–Crippen MR) is 62.6 cm³/mol. The minimum atomic E-state index is -0.633. The lowest BCUT2D eigenvalue weighted by Crippen LogP contribution is -2.25. The van der Waals surface area contributed by atoms with Crippen molar-refractivity contribution >= 4 is 6.21 Å². The molecule has 2 aromatic heterocycles. The molecule has 0 fully saturated rings. The molecule has 0 aliphatic carbocycles. The van der Waals surface area contributed by atoms with Gasteiger partial charge in [-0.2, -0.15) is 0 Å². The first-order chi connectivity index (χ1) is 8.42. The van der Waals surface area contributed by atoms with Crippen molar-refractivity contribution in [1.29, 1.82) is 0 Å². The molecule has 0 unspecified atom stereocenters. The van der Waals surface area contributed by atoms with Crippen LogP contribution >= 0.6 is 0 Å². The number of rotatable bonds is 2. The Morgan fingerprint density at radius 2 is 1.29 bits per heavy atom. The molecule has 0 N–H and O–H groups in total. The minimum absolute atomic E-state index is 0.633. The van der Waals surface area contributed by atoms with Crippen molar-refractivity contribution in [2.45, 2.75) is 5.54 Å². The molecule has 3 rings (SSSR count). The van der Waals surface area contributed by atoms with Crippen LogP contribution in [0.5, 0.6) is 0 Å². The highest BCUT2D eigenvalue weighted by Crippen LogP contribution is 2.34. The fourth-order valence-corrected chi connectivity index (χ4v) is 1.87. The van der Waals surface area contributed by atoms with E-state index in [0.29, 0.717) is 0 Å². The van der Waals surface area contributed by atoms with Crippen LogP contribution in [-0.4, -0.2) is 16.2 Å². The SMILES string of the molecule is C1=NN=NC1(c1ccncc1)c1ccncc1. The van der Waals surface area contributed by atoms with Gasteiger partial charge in [-0.25, -0.2) is 0 Å². The maximum Gasteiger partial charge on any atom is 0.171 e. The lowest BCUT2D eigenvalue weighted by atomic mass is 9.86. The maximum atomic E-state index is 4.25. The van der Waals surface area contributed by atoms with Crippen LogP contribution in [-0.2, 0) is 5.54 Å². The summed E-state index contributed by atoms with van der Waals surface area (Å²) >= 11 is 0. The summed E-state index contributed by atoms with van der Waals surface area (Å²) in [6.07, 6.45) is 8.68. The quantitative estimate of drug-likeness (QED) is 0.783. The first kappa shape index (κ1) is 9.77. The second-order valence-electron chi connectivity index (χ2n) is 3.67. The average molecular weight is 223 g/mol. The van der Waals surface area contributed by atoms with E-state index in [0.717, 1.165) is 11.1 Å². The van der Waals surface area contributed by atoms with Gasteiger partial charge < -0.3 is 0 Å². The van der Waals surface area contributed by atoms with Crippen LogP contribution < -0.4 is 0 Å².